The van der Waals surface area contributed by atoms with Gasteiger partial charge < -0.3 is 15.4 Å². The molecule has 2 rings (SSSR count). The molecule has 0 fully saturated rings. The van der Waals surface area contributed by atoms with Crippen molar-refractivity contribution in [1.82, 2.24) is 0 Å². The van der Waals surface area contributed by atoms with Gasteiger partial charge in [-0.05, 0) is 36.8 Å². The van der Waals surface area contributed by atoms with E-state index >= 15 is 0 Å². The van der Waals surface area contributed by atoms with Crippen LogP contribution in [0.5, 0.6) is 0 Å². The Bertz CT molecular complexity index is 808. The van der Waals surface area contributed by atoms with Crippen molar-refractivity contribution in [3.8, 4) is 0 Å². The van der Waals surface area contributed by atoms with Gasteiger partial charge in [-0.2, -0.15) is 0 Å². The van der Waals surface area contributed by atoms with Crippen molar-refractivity contribution in [2.75, 3.05) is 17.2 Å². The number of halogens is 1. The molecule has 0 saturated carbocycles. The molecule has 6 nitrogen and oxygen atoms in total. The molecule has 0 atom stereocenters. The molecule has 0 aliphatic carbocycles. The second-order valence-corrected chi connectivity index (χ2v) is 5.45. The maximum atomic E-state index is 13.1. The second-order valence-electron chi connectivity index (χ2n) is 5.45. The highest BCUT2D eigenvalue weighted by Gasteiger charge is 2.18. The second kappa shape index (κ2) is 9.31. The summed E-state index contributed by atoms with van der Waals surface area (Å²) in [5.41, 5.74) is 0.460. The van der Waals surface area contributed by atoms with Crippen molar-refractivity contribution in [3.05, 3.63) is 59.9 Å². The standard InChI is InChI=1S/C19H19FN2O4/c1-2-3-11-26-19(25)15-9-4-5-10-16(15)22-18(24)17(23)21-14-8-6-7-13(20)12-14/h4-10,12H,2-3,11H2,1H3,(H,21,23)(H,22,24). The molecule has 0 aliphatic rings. The third kappa shape index (κ3) is 5.41. The van der Waals surface area contributed by atoms with Crippen molar-refractivity contribution in [2.24, 2.45) is 0 Å². The summed E-state index contributed by atoms with van der Waals surface area (Å²) in [7, 11) is 0. The fraction of sp³-hybridized carbons (Fsp3) is 0.211. The molecule has 26 heavy (non-hydrogen) atoms. The average Bonchev–Trinajstić information content (AvgIpc) is 2.62. The van der Waals surface area contributed by atoms with Crippen LogP contribution < -0.4 is 10.6 Å². The van der Waals surface area contributed by atoms with Crippen LogP contribution in [0.4, 0.5) is 15.8 Å². The lowest BCUT2D eigenvalue weighted by Gasteiger charge is -2.11. The molecule has 7 heteroatoms. The lowest BCUT2D eigenvalue weighted by molar-refractivity contribution is -0.133. The monoisotopic (exact) mass is 358 g/mol. The first-order valence-corrected chi connectivity index (χ1v) is 8.15. The van der Waals surface area contributed by atoms with E-state index in [9.17, 15) is 18.8 Å². The van der Waals surface area contributed by atoms with Gasteiger partial charge in [0.05, 0.1) is 17.9 Å². The Labute approximate surface area is 150 Å². The molecule has 2 aromatic carbocycles. The Morgan fingerprint density at radius 3 is 2.46 bits per heavy atom. The minimum absolute atomic E-state index is 0.149. The highest BCUT2D eigenvalue weighted by Crippen LogP contribution is 2.17. The van der Waals surface area contributed by atoms with E-state index in [-0.39, 0.29) is 23.5 Å². The summed E-state index contributed by atoms with van der Waals surface area (Å²) in [6, 6.07) is 11.4. The molecule has 0 saturated heterocycles. The molecular formula is C19H19FN2O4. The van der Waals surface area contributed by atoms with E-state index in [0.29, 0.717) is 0 Å². The number of amides is 2. The molecule has 136 valence electrons. The Morgan fingerprint density at radius 1 is 1.00 bits per heavy atom. The molecule has 0 spiro atoms. The maximum Gasteiger partial charge on any atom is 0.340 e. The van der Waals surface area contributed by atoms with Crippen molar-refractivity contribution in [3.63, 3.8) is 0 Å². The van der Waals surface area contributed by atoms with Crippen LogP contribution in [0.25, 0.3) is 0 Å². The molecule has 0 aromatic heterocycles. The molecule has 0 heterocycles. The number of rotatable bonds is 6. The van der Waals surface area contributed by atoms with Crippen LogP contribution in [0.1, 0.15) is 30.1 Å². The first-order chi connectivity index (χ1) is 12.5. The number of hydrogen-bond donors (Lipinski definition) is 2. The van der Waals surface area contributed by atoms with Crippen LogP contribution in [0.2, 0.25) is 0 Å². The Kier molecular flexibility index (Phi) is 6.84. The third-order valence-corrected chi connectivity index (χ3v) is 3.41. The number of carbonyl (C=O) groups is 3. The maximum absolute atomic E-state index is 13.1. The number of ether oxygens (including phenoxy) is 1. The van der Waals surface area contributed by atoms with Crippen LogP contribution in [-0.4, -0.2) is 24.4 Å². The predicted molar refractivity (Wildman–Crippen MR) is 95.3 cm³/mol. The fourth-order valence-corrected chi connectivity index (χ4v) is 2.09. The number of benzene rings is 2. The Hall–Kier alpha value is -3.22. The molecule has 0 unspecified atom stereocenters. The predicted octanol–water partition coefficient (Wildman–Crippen LogP) is 3.36. The van der Waals surface area contributed by atoms with Gasteiger partial charge in [0.15, 0.2) is 0 Å². The highest BCUT2D eigenvalue weighted by atomic mass is 19.1. The first kappa shape index (κ1) is 19.1. The fourth-order valence-electron chi connectivity index (χ4n) is 2.09. The highest BCUT2D eigenvalue weighted by molar-refractivity contribution is 6.43. The van der Waals surface area contributed by atoms with Gasteiger partial charge >= 0.3 is 17.8 Å². The van der Waals surface area contributed by atoms with Gasteiger partial charge in [0, 0.05) is 5.69 Å². The first-order valence-electron chi connectivity index (χ1n) is 8.15. The van der Waals surface area contributed by atoms with Gasteiger partial charge in [-0.1, -0.05) is 31.5 Å². The minimum atomic E-state index is -0.983. The summed E-state index contributed by atoms with van der Waals surface area (Å²) < 4.78 is 18.3. The molecule has 0 aliphatic heterocycles. The van der Waals surface area contributed by atoms with Crippen LogP contribution in [0, 0.1) is 5.82 Å². The van der Waals surface area contributed by atoms with E-state index in [2.05, 4.69) is 10.6 Å². The molecule has 0 radical (unpaired) electrons. The van der Waals surface area contributed by atoms with Crippen LogP contribution >= 0.6 is 0 Å². The summed E-state index contributed by atoms with van der Waals surface area (Å²) in [6.45, 7) is 2.25. The van der Waals surface area contributed by atoms with Crippen LogP contribution in [0.15, 0.2) is 48.5 Å². The number of carbonyl (C=O) groups excluding carboxylic acids is 3. The SMILES string of the molecule is CCCCOC(=O)c1ccccc1NC(=O)C(=O)Nc1cccc(F)c1. The Balaban J connectivity index is 2.04. The van der Waals surface area contributed by atoms with Crippen molar-refractivity contribution >= 4 is 29.2 Å². The zero-order chi connectivity index (χ0) is 18.9. The van der Waals surface area contributed by atoms with E-state index < -0.39 is 23.6 Å². The van der Waals surface area contributed by atoms with Gasteiger partial charge in [0.1, 0.15) is 5.82 Å². The number of para-hydroxylation sites is 1. The summed E-state index contributed by atoms with van der Waals surface area (Å²) in [5.74, 6) is -3.09. The van der Waals surface area contributed by atoms with E-state index in [0.717, 1.165) is 18.9 Å². The summed E-state index contributed by atoms with van der Waals surface area (Å²) in [4.78, 5) is 36.1. The van der Waals surface area contributed by atoms with E-state index in [4.69, 9.17) is 4.74 Å². The van der Waals surface area contributed by atoms with E-state index in [1.54, 1.807) is 12.1 Å². The average molecular weight is 358 g/mol. The molecular weight excluding hydrogens is 339 g/mol. The molecule has 2 N–H and O–H groups in total. The summed E-state index contributed by atoms with van der Waals surface area (Å²) in [5, 5.41) is 4.66. The molecule has 0 bridgehead atoms. The zero-order valence-electron chi connectivity index (χ0n) is 14.3. The molecule has 2 aromatic rings. The van der Waals surface area contributed by atoms with Crippen molar-refractivity contribution in [2.45, 2.75) is 19.8 Å². The smallest absolute Gasteiger partial charge is 0.340 e. The third-order valence-electron chi connectivity index (χ3n) is 3.41. The van der Waals surface area contributed by atoms with Gasteiger partial charge in [-0.15, -0.1) is 0 Å². The van der Waals surface area contributed by atoms with Crippen molar-refractivity contribution in [1.29, 1.82) is 0 Å². The lowest BCUT2D eigenvalue weighted by atomic mass is 10.1. The quantitative estimate of drug-likeness (QED) is 0.471. The van der Waals surface area contributed by atoms with Gasteiger partial charge in [-0.3, -0.25) is 9.59 Å². The number of hydrogen-bond acceptors (Lipinski definition) is 4. The zero-order valence-corrected chi connectivity index (χ0v) is 14.3. The topological polar surface area (TPSA) is 84.5 Å². The number of nitrogens with one attached hydrogen (secondary N) is 2. The van der Waals surface area contributed by atoms with Gasteiger partial charge in [0.2, 0.25) is 0 Å². The van der Waals surface area contributed by atoms with Crippen LogP contribution in [-0.2, 0) is 14.3 Å². The number of anilines is 2. The minimum Gasteiger partial charge on any atom is -0.462 e. The number of esters is 1. The van der Waals surface area contributed by atoms with Gasteiger partial charge in [-0.25, -0.2) is 9.18 Å². The largest absolute Gasteiger partial charge is 0.462 e. The van der Waals surface area contributed by atoms with E-state index in [1.165, 1.54) is 30.3 Å². The summed E-state index contributed by atoms with van der Waals surface area (Å²) in [6.07, 6.45) is 1.61. The van der Waals surface area contributed by atoms with Gasteiger partial charge in [0.25, 0.3) is 0 Å². The summed E-state index contributed by atoms with van der Waals surface area (Å²) >= 11 is 0. The normalized spacial score (nSPS) is 10.1. The van der Waals surface area contributed by atoms with Crippen molar-refractivity contribution < 1.29 is 23.5 Å². The van der Waals surface area contributed by atoms with E-state index in [1.807, 2.05) is 6.92 Å². The van der Waals surface area contributed by atoms with Crippen LogP contribution in [0.3, 0.4) is 0 Å². The molecule has 2 amide bonds. The lowest BCUT2D eigenvalue weighted by Crippen LogP contribution is -2.29. The Morgan fingerprint density at radius 2 is 1.73 bits per heavy atom. The number of unbranched alkanes of at least 4 members (excludes halogenated alkanes) is 1.